The summed E-state index contributed by atoms with van der Waals surface area (Å²) >= 11 is 0. The monoisotopic (exact) mass is 398 g/mol. The number of hydrogen-bond acceptors (Lipinski definition) is 7. The van der Waals surface area contributed by atoms with Crippen molar-refractivity contribution < 1.29 is 21.4 Å². The Morgan fingerprint density at radius 3 is 2.12 bits per heavy atom. The largest absolute Gasteiger partial charge is 0.359 e. The lowest BCUT2D eigenvalue weighted by atomic mass is 10.3. The Hall–Kier alpha value is -2.42. The van der Waals surface area contributed by atoms with Crippen molar-refractivity contribution in [1.29, 1.82) is 5.26 Å². The SMILES string of the molecule is Cc1onc(NS(=O)(=O)c2ccc(S(=O)(=O)NC(C)CC#N)cc2)c1C. The van der Waals surface area contributed by atoms with Gasteiger partial charge in [-0.25, -0.2) is 21.6 Å². The second kappa shape index (κ2) is 7.45. The van der Waals surface area contributed by atoms with Crippen molar-refractivity contribution in [3.8, 4) is 6.07 Å². The van der Waals surface area contributed by atoms with Gasteiger partial charge in [0.2, 0.25) is 10.0 Å². The second-order valence-electron chi connectivity index (χ2n) is 5.67. The summed E-state index contributed by atoms with van der Waals surface area (Å²) in [4.78, 5) is -0.226. The highest BCUT2D eigenvalue weighted by atomic mass is 32.2. The molecule has 0 radical (unpaired) electrons. The molecule has 0 aliphatic carbocycles. The molecule has 0 fully saturated rings. The fourth-order valence-electron chi connectivity index (χ4n) is 2.01. The van der Waals surface area contributed by atoms with Crippen molar-refractivity contribution in [3.63, 3.8) is 0 Å². The van der Waals surface area contributed by atoms with Gasteiger partial charge < -0.3 is 4.52 Å². The lowest BCUT2D eigenvalue weighted by Gasteiger charge is -2.12. The van der Waals surface area contributed by atoms with Gasteiger partial charge in [0.15, 0.2) is 5.82 Å². The van der Waals surface area contributed by atoms with Gasteiger partial charge in [-0.2, -0.15) is 5.26 Å². The van der Waals surface area contributed by atoms with E-state index in [1.54, 1.807) is 20.8 Å². The van der Waals surface area contributed by atoms with Crippen LogP contribution in [0.1, 0.15) is 24.7 Å². The van der Waals surface area contributed by atoms with Crippen molar-refractivity contribution in [2.24, 2.45) is 0 Å². The molecular formula is C15H18N4O5S2. The standard InChI is InChI=1S/C15H18N4O5S2/c1-10(8-9-16)18-25(20,21)13-4-6-14(7-5-13)26(22,23)19-15-11(2)12(3)24-17-15/h4-7,10,18H,8H2,1-3H3,(H,17,19). The van der Waals surface area contributed by atoms with Crippen LogP contribution in [0.2, 0.25) is 0 Å². The summed E-state index contributed by atoms with van der Waals surface area (Å²) in [5, 5.41) is 12.2. The average Bonchev–Trinajstić information content (AvgIpc) is 2.86. The molecule has 9 nitrogen and oxygen atoms in total. The van der Waals surface area contributed by atoms with Crippen LogP contribution in [0.15, 0.2) is 38.6 Å². The number of nitrogens with zero attached hydrogens (tertiary/aromatic N) is 2. The molecule has 1 atom stereocenters. The summed E-state index contributed by atoms with van der Waals surface area (Å²) in [7, 11) is -7.80. The van der Waals surface area contributed by atoms with Gasteiger partial charge in [-0.15, -0.1) is 0 Å². The van der Waals surface area contributed by atoms with Gasteiger partial charge >= 0.3 is 0 Å². The average molecular weight is 398 g/mol. The normalized spacial score (nSPS) is 13.2. The van der Waals surface area contributed by atoms with Crippen molar-refractivity contribution >= 4 is 25.9 Å². The molecule has 26 heavy (non-hydrogen) atoms. The van der Waals surface area contributed by atoms with E-state index >= 15 is 0 Å². The number of anilines is 1. The Kier molecular flexibility index (Phi) is 5.70. The smallest absolute Gasteiger partial charge is 0.263 e. The highest BCUT2D eigenvalue weighted by Gasteiger charge is 2.21. The van der Waals surface area contributed by atoms with Gasteiger partial charge in [-0.05, 0) is 45.0 Å². The Morgan fingerprint density at radius 2 is 1.65 bits per heavy atom. The van der Waals surface area contributed by atoms with E-state index in [1.807, 2.05) is 6.07 Å². The van der Waals surface area contributed by atoms with Crippen LogP contribution in [-0.4, -0.2) is 28.0 Å². The van der Waals surface area contributed by atoms with Crippen LogP contribution in [0.5, 0.6) is 0 Å². The molecule has 140 valence electrons. The Morgan fingerprint density at radius 1 is 1.12 bits per heavy atom. The molecule has 0 amide bonds. The van der Waals surface area contributed by atoms with E-state index in [-0.39, 0.29) is 22.0 Å². The summed E-state index contributed by atoms with van der Waals surface area (Å²) in [6.07, 6.45) is 0.0199. The Labute approximate surface area is 152 Å². The summed E-state index contributed by atoms with van der Waals surface area (Å²) < 4.78 is 58.8. The number of hydrogen-bond donors (Lipinski definition) is 2. The third-order valence-electron chi connectivity index (χ3n) is 3.59. The summed E-state index contributed by atoms with van der Waals surface area (Å²) in [5.41, 5.74) is 0.559. The van der Waals surface area contributed by atoms with Crippen molar-refractivity contribution in [1.82, 2.24) is 9.88 Å². The molecule has 0 aliphatic rings. The number of rotatable bonds is 7. The quantitative estimate of drug-likeness (QED) is 0.722. The minimum absolute atomic E-state index is 0.0199. The van der Waals surface area contributed by atoms with Crippen LogP contribution < -0.4 is 9.44 Å². The summed E-state index contributed by atoms with van der Waals surface area (Å²) in [6, 6.07) is 6.01. The van der Waals surface area contributed by atoms with E-state index in [1.165, 1.54) is 24.3 Å². The molecule has 0 saturated carbocycles. The maximum absolute atomic E-state index is 12.4. The van der Waals surface area contributed by atoms with Crippen LogP contribution in [-0.2, 0) is 20.0 Å². The number of nitrogens with one attached hydrogen (secondary N) is 2. The zero-order valence-corrected chi connectivity index (χ0v) is 16.0. The van der Waals surface area contributed by atoms with Gasteiger partial charge in [0, 0.05) is 11.6 Å². The van der Waals surface area contributed by atoms with Gasteiger partial charge in [0.05, 0.1) is 22.3 Å². The van der Waals surface area contributed by atoms with Gasteiger partial charge in [-0.1, -0.05) is 5.16 Å². The van der Waals surface area contributed by atoms with Crippen LogP contribution in [0.4, 0.5) is 5.82 Å². The van der Waals surface area contributed by atoms with Gasteiger partial charge in [0.25, 0.3) is 10.0 Å². The second-order valence-corrected chi connectivity index (χ2v) is 9.07. The van der Waals surface area contributed by atoms with Crippen LogP contribution in [0, 0.1) is 25.2 Å². The molecule has 0 saturated heterocycles. The highest BCUT2D eigenvalue weighted by molar-refractivity contribution is 7.92. The first kappa shape index (κ1) is 19.9. The third-order valence-corrected chi connectivity index (χ3v) is 6.55. The molecule has 11 heteroatoms. The maximum atomic E-state index is 12.4. The number of benzene rings is 1. The number of aromatic nitrogens is 1. The zero-order valence-electron chi connectivity index (χ0n) is 14.3. The number of nitriles is 1. The van der Waals surface area contributed by atoms with Crippen molar-refractivity contribution in [2.45, 2.75) is 43.0 Å². The van der Waals surface area contributed by atoms with Gasteiger partial charge in [0.1, 0.15) is 5.76 Å². The first-order valence-corrected chi connectivity index (χ1v) is 10.5. The number of sulfonamides is 2. The molecule has 1 aromatic carbocycles. The zero-order chi connectivity index (χ0) is 19.5. The van der Waals surface area contributed by atoms with Crippen molar-refractivity contribution in [2.75, 3.05) is 4.72 Å². The predicted molar refractivity (Wildman–Crippen MR) is 93.2 cm³/mol. The van der Waals surface area contributed by atoms with Gasteiger partial charge in [-0.3, -0.25) is 4.72 Å². The molecule has 0 spiro atoms. The van der Waals surface area contributed by atoms with E-state index in [0.29, 0.717) is 11.3 Å². The maximum Gasteiger partial charge on any atom is 0.263 e. The Balaban J connectivity index is 2.23. The Bertz CT molecular complexity index is 1030. The van der Waals surface area contributed by atoms with E-state index in [2.05, 4.69) is 14.6 Å². The highest BCUT2D eigenvalue weighted by Crippen LogP contribution is 2.22. The van der Waals surface area contributed by atoms with Crippen molar-refractivity contribution in [3.05, 3.63) is 35.6 Å². The van der Waals surface area contributed by atoms with Crippen LogP contribution in [0.3, 0.4) is 0 Å². The summed E-state index contributed by atoms with van der Waals surface area (Å²) in [6.45, 7) is 4.87. The van der Waals surface area contributed by atoms with Crippen LogP contribution >= 0.6 is 0 Å². The molecule has 2 N–H and O–H groups in total. The minimum atomic E-state index is -3.95. The minimum Gasteiger partial charge on any atom is -0.359 e. The number of aryl methyl sites for hydroxylation is 1. The first-order chi connectivity index (χ1) is 12.1. The summed E-state index contributed by atoms with van der Waals surface area (Å²) in [5.74, 6) is 0.563. The molecule has 0 bridgehead atoms. The molecule has 2 aromatic rings. The lowest BCUT2D eigenvalue weighted by Crippen LogP contribution is -2.32. The molecule has 0 aliphatic heterocycles. The topological polar surface area (TPSA) is 142 Å². The molecule has 2 rings (SSSR count). The first-order valence-electron chi connectivity index (χ1n) is 7.52. The van der Waals surface area contributed by atoms with E-state index in [0.717, 1.165) is 0 Å². The fraction of sp³-hybridized carbons (Fsp3) is 0.333. The van der Waals surface area contributed by atoms with E-state index in [9.17, 15) is 16.8 Å². The molecule has 1 unspecified atom stereocenters. The molecule has 1 heterocycles. The van der Waals surface area contributed by atoms with E-state index in [4.69, 9.17) is 9.78 Å². The lowest BCUT2D eigenvalue weighted by molar-refractivity contribution is 0.399. The van der Waals surface area contributed by atoms with Crippen LogP contribution in [0.25, 0.3) is 0 Å². The molecule has 1 aromatic heterocycles. The third kappa shape index (κ3) is 4.40. The molecular weight excluding hydrogens is 380 g/mol. The van der Waals surface area contributed by atoms with E-state index < -0.39 is 26.1 Å². The predicted octanol–water partition coefficient (Wildman–Crippen LogP) is 1.67. The fourth-order valence-corrected chi connectivity index (χ4v) is 4.31.